The number of nitrogens with one attached hydrogen (secondary N) is 1. The Balaban J connectivity index is 1.53. The molecule has 2 heterocycles. The summed E-state index contributed by atoms with van der Waals surface area (Å²) in [7, 11) is 0. The van der Waals surface area contributed by atoms with Gasteiger partial charge < -0.3 is 20.7 Å². The number of anilines is 2. The highest BCUT2D eigenvalue weighted by Crippen LogP contribution is 2.31. The highest BCUT2D eigenvalue weighted by Gasteiger charge is 2.30. The number of halogens is 3. The summed E-state index contributed by atoms with van der Waals surface area (Å²) in [5.74, 6) is -0.465. The van der Waals surface area contributed by atoms with Gasteiger partial charge in [-0.05, 0) is 43.2 Å². The molecule has 0 aliphatic carbocycles. The average Bonchev–Trinajstić information content (AvgIpc) is 2.72. The molecule has 1 unspecified atom stereocenters. The molecule has 10 heteroatoms. The molecule has 1 fully saturated rings. The third kappa shape index (κ3) is 5.62. The van der Waals surface area contributed by atoms with Crippen molar-refractivity contribution >= 4 is 23.3 Å². The molecule has 1 atom stereocenters. The molecular weight excluding hydrogens is 401 g/mol. The summed E-state index contributed by atoms with van der Waals surface area (Å²) in [5.41, 5.74) is 4.95. The molecule has 2 amide bonds. The minimum Gasteiger partial charge on any atom is -0.484 e. The fourth-order valence-electron chi connectivity index (χ4n) is 3.17. The Morgan fingerprint density at radius 3 is 2.73 bits per heavy atom. The van der Waals surface area contributed by atoms with Crippen LogP contribution >= 0.6 is 0 Å². The number of carbonyl (C=O) groups excluding carboxylic acids is 2. The van der Waals surface area contributed by atoms with Crippen LogP contribution in [0.15, 0.2) is 42.6 Å². The molecule has 30 heavy (non-hydrogen) atoms. The first-order valence-electron chi connectivity index (χ1n) is 9.32. The van der Waals surface area contributed by atoms with Crippen LogP contribution in [-0.2, 0) is 15.8 Å². The molecule has 3 rings (SSSR count). The number of amides is 2. The maximum absolute atomic E-state index is 12.7. The summed E-state index contributed by atoms with van der Waals surface area (Å²) in [6.07, 6.45) is -1.43. The second kappa shape index (κ2) is 9.02. The van der Waals surface area contributed by atoms with Crippen molar-refractivity contribution in [3.05, 3.63) is 48.2 Å². The molecule has 0 bridgehead atoms. The molecule has 1 aromatic heterocycles. The van der Waals surface area contributed by atoms with Gasteiger partial charge in [0, 0.05) is 13.1 Å². The smallest absolute Gasteiger partial charge is 0.416 e. The van der Waals surface area contributed by atoms with Crippen molar-refractivity contribution in [1.82, 2.24) is 4.98 Å². The molecule has 160 valence electrons. The van der Waals surface area contributed by atoms with E-state index in [9.17, 15) is 22.8 Å². The van der Waals surface area contributed by atoms with Gasteiger partial charge in [0.25, 0.3) is 5.91 Å². The summed E-state index contributed by atoms with van der Waals surface area (Å²) < 4.78 is 43.3. The number of aromatic nitrogens is 1. The van der Waals surface area contributed by atoms with E-state index < -0.39 is 24.3 Å². The lowest BCUT2D eigenvalue weighted by molar-refractivity contribution is -0.137. The van der Waals surface area contributed by atoms with Gasteiger partial charge in [0.05, 0.1) is 23.4 Å². The van der Waals surface area contributed by atoms with Gasteiger partial charge in [-0.1, -0.05) is 6.07 Å². The number of rotatable bonds is 6. The van der Waals surface area contributed by atoms with Gasteiger partial charge in [0.1, 0.15) is 11.6 Å². The van der Waals surface area contributed by atoms with Crippen molar-refractivity contribution in [2.45, 2.75) is 19.0 Å². The van der Waals surface area contributed by atoms with E-state index in [2.05, 4.69) is 10.3 Å². The van der Waals surface area contributed by atoms with Gasteiger partial charge in [0.2, 0.25) is 5.91 Å². The minimum atomic E-state index is -4.49. The molecule has 1 saturated heterocycles. The largest absolute Gasteiger partial charge is 0.484 e. The first-order valence-corrected chi connectivity index (χ1v) is 9.32. The van der Waals surface area contributed by atoms with Crippen LogP contribution in [0.5, 0.6) is 5.75 Å². The zero-order valence-corrected chi connectivity index (χ0v) is 16.0. The highest BCUT2D eigenvalue weighted by molar-refractivity contribution is 5.91. The minimum absolute atomic E-state index is 0.0532. The molecular formula is C20H21F3N4O3. The Labute approximate surface area is 171 Å². The van der Waals surface area contributed by atoms with E-state index in [0.29, 0.717) is 18.1 Å². The van der Waals surface area contributed by atoms with Crippen molar-refractivity contribution in [3.63, 3.8) is 0 Å². The number of carbonyl (C=O) groups is 2. The third-order valence-electron chi connectivity index (χ3n) is 4.71. The molecule has 0 spiro atoms. The lowest BCUT2D eigenvalue weighted by atomic mass is 9.97. The van der Waals surface area contributed by atoms with E-state index in [0.717, 1.165) is 31.5 Å². The molecule has 1 aliphatic rings. The van der Waals surface area contributed by atoms with Crippen LogP contribution in [0.1, 0.15) is 18.4 Å². The SMILES string of the molecule is NC(=O)C1CCCN(c2ccc(NC(=O)COc3cccc(C(F)(F)F)c3)cn2)C1. The number of piperidine rings is 1. The van der Waals surface area contributed by atoms with Crippen LogP contribution in [0.3, 0.4) is 0 Å². The normalized spacial score (nSPS) is 16.8. The number of primary amides is 1. The molecule has 1 aromatic carbocycles. The van der Waals surface area contributed by atoms with E-state index in [1.54, 1.807) is 12.1 Å². The first-order chi connectivity index (χ1) is 14.2. The van der Waals surface area contributed by atoms with Crippen LogP contribution in [0.25, 0.3) is 0 Å². The fourth-order valence-corrected chi connectivity index (χ4v) is 3.17. The summed E-state index contributed by atoms with van der Waals surface area (Å²) in [4.78, 5) is 29.7. The van der Waals surface area contributed by atoms with Crippen molar-refractivity contribution in [3.8, 4) is 5.75 Å². The lowest BCUT2D eigenvalue weighted by Gasteiger charge is -2.32. The van der Waals surface area contributed by atoms with Crippen LogP contribution < -0.4 is 20.7 Å². The van der Waals surface area contributed by atoms with Crippen molar-refractivity contribution < 1.29 is 27.5 Å². The van der Waals surface area contributed by atoms with E-state index in [1.807, 2.05) is 4.90 Å². The number of hydrogen-bond acceptors (Lipinski definition) is 5. The predicted octanol–water partition coefficient (Wildman–Crippen LogP) is 2.82. The molecule has 7 nitrogen and oxygen atoms in total. The average molecular weight is 422 g/mol. The van der Waals surface area contributed by atoms with Gasteiger partial charge in [-0.25, -0.2) is 4.98 Å². The topological polar surface area (TPSA) is 97.6 Å². The maximum Gasteiger partial charge on any atom is 0.416 e. The van der Waals surface area contributed by atoms with Gasteiger partial charge in [0.15, 0.2) is 6.61 Å². The van der Waals surface area contributed by atoms with Crippen molar-refractivity contribution in [2.75, 3.05) is 29.9 Å². The summed E-state index contributed by atoms with van der Waals surface area (Å²) in [6, 6.07) is 7.68. The second-order valence-corrected chi connectivity index (χ2v) is 6.96. The van der Waals surface area contributed by atoms with E-state index in [-0.39, 0.29) is 17.6 Å². The second-order valence-electron chi connectivity index (χ2n) is 6.96. The zero-order chi connectivity index (χ0) is 21.7. The van der Waals surface area contributed by atoms with Crippen LogP contribution in [0, 0.1) is 5.92 Å². The molecule has 1 aliphatic heterocycles. The Hall–Kier alpha value is -3.30. The third-order valence-corrected chi connectivity index (χ3v) is 4.71. The van der Waals surface area contributed by atoms with E-state index >= 15 is 0 Å². The number of alkyl halides is 3. The van der Waals surface area contributed by atoms with Gasteiger partial charge >= 0.3 is 6.18 Å². The lowest BCUT2D eigenvalue weighted by Crippen LogP contribution is -2.41. The summed E-state index contributed by atoms with van der Waals surface area (Å²) >= 11 is 0. The Bertz CT molecular complexity index is 903. The van der Waals surface area contributed by atoms with Crippen LogP contribution in [-0.4, -0.2) is 36.5 Å². The zero-order valence-electron chi connectivity index (χ0n) is 16.0. The van der Waals surface area contributed by atoms with Gasteiger partial charge in [-0.3, -0.25) is 9.59 Å². The molecule has 3 N–H and O–H groups in total. The number of pyridine rings is 1. The van der Waals surface area contributed by atoms with Gasteiger partial charge in [-0.2, -0.15) is 13.2 Å². The van der Waals surface area contributed by atoms with E-state index in [4.69, 9.17) is 10.5 Å². The van der Waals surface area contributed by atoms with Crippen molar-refractivity contribution in [2.24, 2.45) is 11.7 Å². The number of ether oxygens (including phenoxy) is 1. The predicted molar refractivity (Wildman–Crippen MR) is 104 cm³/mol. The molecule has 0 radical (unpaired) electrons. The van der Waals surface area contributed by atoms with Crippen molar-refractivity contribution in [1.29, 1.82) is 0 Å². The number of nitrogens with zero attached hydrogens (tertiary/aromatic N) is 2. The fraction of sp³-hybridized carbons (Fsp3) is 0.350. The number of hydrogen-bond donors (Lipinski definition) is 2. The quantitative estimate of drug-likeness (QED) is 0.746. The first kappa shape index (κ1) is 21.4. The Morgan fingerprint density at radius 2 is 2.07 bits per heavy atom. The monoisotopic (exact) mass is 422 g/mol. The summed E-state index contributed by atoms with van der Waals surface area (Å²) in [5, 5.41) is 2.57. The number of nitrogens with two attached hydrogens (primary N) is 1. The van der Waals surface area contributed by atoms with Crippen LogP contribution in [0.4, 0.5) is 24.7 Å². The van der Waals surface area contributed by atoms with Gasteiger partial charge in [-0.15, -0.1) is 0 Å². The number of benzene rings is 1. The Kier molecular flexibility index (Phi) is 6.43. The standard InChI is InChI=1S/C20H21F3N4O3/c21-20(22,23)14-4-1-5-16(9-14)30-12-18(28)26-15-6-7-17(25-10-15)27-8-2-3-13(11-27)19(24)29/h1,4-7,9-10,13H,2-3,8,11-12H2,(H2,24,29)(H,26,28). The summed E-state index contributed by atoms with van der Waals surface area (Å²) in [6.45, 7) is 0.807. The molecule has 2 aromatic rings. The highest BCUT2D eigenvalue weighted by atomic mass is 19.4. The Morgan fingerprint density at radius 1 is 1.27 bits per heavy atom. The maximum atomic E-state index is 12.7. The van der Waals surface area contributed by atoms with Crippen LogP contribution in [0.2, 0.25) is 0 Å². The molecule has 0 saturated carbocycles. The van der Waals surface area contributed by atoms with E-state index in [1.165, 1.54) is 18.3 Å².